The van der Waals surface area contributed by atoms with Crippen LogP contribution in [0.25, 0.3) is 0 Å². The van der Waals surface area contributed by atoms with Crippen LogP contribution in [0, 0.1) is 15.9 Å². The summed E-state index contributed by atoms with van der Waals surface area (Å²) < 4.78 is 18.0. The van der Waals surface area contributed by atoms with Gasteiger partial charge in [0.2, 0.25) is 0 Å². The Morgan fingerprint density at radius 2 is 2.18 bits per heavy atom. The highest BCUT2D eigenvalue weighted by Crippen LogP contribution is 2.44. The molecule has 1 saturated carbocycles. The molecule has 17 heavy (non-hydrogen) atoms. The molecule has 0 unspecified atom stereocenters. The molecule has 0 saturated heterocycles. The third-order valence-electron chi connectivity index (χ3n) is 2.74. The van der Waals surface area contributed by atoms with E-state index in [1.54, 1.807) is 0 Å². The molecule has 0 spiro atoms. The summed E-state index contributed by atoms with van der Waals surface area (Å²) in [5, 5.41) is 10.9. The van der Waals surface area contributed by atoms with Crippen molar-refractivity contribution in [3.05, 3.63) is 39.2 Å². The van der Waals surface area contributed by atoms with Crippen LogP contribution < -0.4 is 0 Å². The molecule has 0 amide bonds. The molecule has 0 bridgehead atoms. The summed E-state index contributed by atoms with van der Waals surface area (Å²) in [6.07, 6.45) is 1.63. The van der Waals surface area contributed by atoms with Crippen molar-refractivity contribution in [3.63, 3.8) is 0 Å². The van der Waals surface area contributed by atoms with Gasteiger partial charge in [-0.3, -0.25) is 10.1 Å². The number of carbonyl (C=O) groups excluding carboxylic acids is 1. The van der Waals surface area contributed by atoms with Crippen molar-refractivity contribution in [2.45, 2.75) is 18.8 Å². The average Bonchev–Trinajstić information content (AvgIpc) is 3.11. The van der Waals surface area contributed by atoms with Gasteiger partial charge in [-0.1, -0.05) is 0 Å². The lowest BCUT2D eigenvalue weighted by Crippen LogP contribution is -2.07. The summed E-state index contributed by atoms with van der Waals surface area (Å²) in [5.41, 5.74) is -0.252. The molecule has 5 nitrogen and oxygen atoms in total. The zero-order chi connectivity index (χ0) is 12.6. The van der Waals surface area contributed by atoms with E-state index in [1.165, 1.54) is 0 Å². The lowest BCUT2D eigenvalue weighted by atomic mass is 10.0. The van der Waals surface area contributed by atoms with E-state index in [4.69, 9.17) is 0 Å². The Morgan fingerprint density at radius 3 is 2.65 bits per heavy atom. The molecule has 0 N–H and O–H groups in total. The van der Waals surface area contributed by atoms with Crippen LogP contribution in [-0.2, 0) is 4.74 Å². The summed E-state index contributed by atoms with van der Waals surface area (Å²) in [6, 6.07) is 2.02. The van der Waals surface area contributed by atoms with Crippen LogP contribution in [0.1, 0.15) is 34.7 Å². The number of nitro benzene ring substituents is 1. The van der Waals surface area contributed by atoms with Gasteiger partial charge in [0, 0.05) is 11.6 Å². The van der Waals surface area contributed by atoms with E-state index in [1.807, 2.05) is 0 Å². The Morgan fingerprint density at radius 1 is 1.53 bits per heavy atom. The fraction of sp³-hybridized carbons (Fsp3) is 0.364. The van der Waals surface area contributed by atoms with E-state index in [2.05, 4.69) is 4.74 Å². The topological polar surface area (TPSA) is 69.4 Å². The molecule has 1 aliphatic rings. The molecular formula is C11H10FNO4. The molecule has 1 fully saturated rings. The van der Waals surface area contributed by atoms with Gasteiger partial charge in [0.1, 0.15) is 11.4 Å². The predicted octanol–water partition coefficient (Wildman–Crippen LogP) is 2.40. The van der Waals surface area contributed by atoms with Crippen molar-refractivity contribution in [1.29, 1.82) is 0 Å². The minimum Gasteiger partial charge on any atom is -0.465 e. The number of ether oxygens (including phenoxy) is 1. The van der Waals surface area contributed by atoms with Crippen molar-refractivity contribution in [1.82, 2.24) is 0 Å². The first-order valence-electron chi connectivity index (χ1n) is 5.10. The largest absolute Gasteiger partial charge is 0.465 e. The third-order valence-corrected chi connectivity index (χ3v) is 2.74. The highest BCUT2D eigenvalue weighted by molar-refractivity contribution is 5.90. The van der Waals surface area contributed by atoms with Crippen molar-refractivity contribution in [2.24, 2.45) is 0 Å². The Kier molecular flexibility index (Phi) is 2.79. The van der Waals surface area contributed by atoms with E-state index in [9.17, 15) is 19.3 Å². The van der Waals surface area contributed by atoms with Crippen LogP contribution in [0.15, 0.2) is 12.1 Å². The van der Waals surface area contributed by atoms with Crippen LogP contribution in [0.5, 0.6) is 0 Å². The van der Waals surface area contributed by atoms with Crippen LogP contribution in [0.2, 0.25) is 0 Å². The molecule has 1 aromatic rings. The number of halogens is 1. The maximum absolute atomic E-state index is 13.6. The minimum absolute atomic E-state index is 0.0385. The number of hydrogen-bond acceptors (Lipinski definition) is 4. The van der Waals surface area contributed by atoms with Gasteiger partial charge in [0.25, 0.3) is 5.69 Å². The fourth-order valence-electron chi connectivity index (χ4n) is 1.72. The molecule has 6 heteroatoms. The number of nitro groups is 1. The quantitative estimate of drug-likeness (QED) is 0.461. The van der Waals surface area contributed by atoms with Gasteiger partial charge < -0.3 is 4.74 Å². The number of esters is 1. The lowest BCUT2D eigenvalue weighted by molar-refractivity contribution is -0.385. The van der Waals surface area contributed by atoms with Crippen LogP contribution in [0.4, 0.5) is 10.1 Å². The smallest absolute Gasteiger partial charge is 0.341 e. The first kappa shape index (κ1) is 11.5. The van der Waals surface area contributed by atoms with Crippen LogP contribution in [0.3, 0.4) is 0 Å². The van der Waals surface area contributed by atoms with Gasteiger partial charge in [0.05, 0.1) is 12.0 Å². The number of rotatable bonds is 3. The monoisotopic (exact) mass is 239 g/mol. The second kappa shape index (κ2) is 4.12. The maximum Gasteiger partial charge on any atom is 0.341 e. The number of nitrogens with zero attached hydrogens (tertiary/aromatic N) is 1. The maximum atomic E-state index is 13.6. The van der Waals surface area contributed by atoms with Crippen molar-refractivity contribution in [2.75, 3.05) is 7.11 Å². The third kappa shape index (κ3) is 2.11. The molecule has 0 atom stereocenters. The first-order valence-corrected chi connectivity index (χ1v) is 5.10. The second-order valence-corrected chi connectivity index (χ2v) is 3.91. The molecule has 90 valence electrons. The van der Waals surface area contributed by atoms with Crippen LogP contribution >= 0.6 is 0 Å². The highest BCUT2D eigenvalue weighted by atomic mass is 19.1. The summed E-state index contributed by atoms with van der Waals surface area (Å²) in [5.74, 6) is -1.64. The molecule has 0 aliphatic heterocycles. The molecular weight excluding hydrogens is 229 g/mol. The van der Waals surface area contributed by atoms with Gasteiger partial charge in [-0.15, -0.1) is 0 Å². The zero-order valence-corrected chi connectivity index (χ0v) is 9.10. The number of hydrogen-bond donors (Lipinski definition) is 0. The van der Waals surface area contributed by atoms with Crippen molar-refractivity contribution >= 4 is 11.7 Å². The molecule has 0 heterocycles. The van der Waals surface area contributed by atoms with Gasteiger partial charge in [-0.05, 0) is 24.8 Å². The molecule has 1 aromatic carbocycles. The summed E-state index contributed by atoms with van der Waals surface area (Å²) in [7, 11) is 1.10. The van der Waals surface area contributed by atoms with E-state index in [-0.39, 0.29) is 11.6 Å². The van der Waals surface area contributed by atoms with Crippen LogP contribution in [-0.4, -0.2) is 18.0 Å². The van der Waals surface area contributed by atoms with Gasteiger partial charge in [0.15, 0.2) is 0 Å². The number of benzene rings is 1. The Hall–Kier alpha value is -1.98. The molecule has 0 aromatic heterocycles. The van der Waals surface area contributed by atoms with Crippen molar-refractivity contribution in [3.8, 4) is 0 Å². The first-order chi connectivity index (χ1) is 8.04. The number of methoxy groups -OCH3 is 1. The van der Waals surface area contributed by atoms with Gasteiger partial charge >= 0.3 is 5.97 Å². The van der Waals surface area contributed by atoms with E-state index >= 15 is 0 Å². The SMILES string of the molecule is COC(=O)c1cc([N+](=O)[O-])c(C2CC2)cc1F. The molecule has 0 radical (unpaired) electrons. The highest BCUT2D eigenvalue weighted by Gasteiger charge is 2.33. The predicted molar refractivity (Wildman–Crippen MR) is 56.4 cm³/mol. The standard InChI is InChI=1S/C11H10FNO4/c1-17-11(14)8-5-10(13(15)16)7(4-9(8)12)6-2-3-6/h4-6H,2-3H2,1H3. The summed E-state index contributed by atoms with van der Waals surface area (Å²) >= 11 is 0. The van der Waals surface area contributed by atoms with E-state index in [0.717, 1.165) is 32.1 Å². The van der Waals surface area contributed by atoms with E-state index < -0.39 is 22.3 Å². The zero-order valence-electron chi connectivity index (χ0n) is 9.10. The summed E-state index contributed by atoms with van der Waals surface area (Å²) in [6.45, 7) is 0. The average molecular weight is 239 g/mol. The minimum atomic E-state index is -0.909. The molecule has 2 rings (SSSR count). The normalized spacial score (nSPS) is 14.5. The second-order valence-electron chi connectivity index (χ2n) is 3.91. The van der Waals surface area contributed by atoms with Crippen molar-refractivity contribution < 1.29 is 18.8 Å². The summed E-state index contributed by atoms with van der Waals surface area (Å²) in [4.78, 5) is 21.5. The Bertz CT molecular complexity index is 496. The fourth-order valence-corrected chi connectivity index (χ4v) is 1.72. The van der Waals surface area contributed by atoms with Gasteiger partial charge in [-0.2, -0.15) is 0 Å². The molecule has 1 aliphatic carbocycles. The Balaban J connectivity index is 2.54. The van der Waals surface area contributed by atoms with Gasteiger partial charge in [-0.25, -0.2) is 9.18 Å². The number of carbonyl (C=O) groups is 1. The lowest BCUT2D eigenvalue weighted by Gasteiger charge is -2.05. The Labute approximate surface area is 96.3 Å². The van der Waals surface area contributed by atoms with E-state index in [0.29, 0.717) is 5.56 Å².